The van der Waals surface area contributed by atoms with Crippen molar-refractivity contribution in [2.45, 2.75) is 6.61 Å². The van der Waals surface area contributed by atoms with Gasteiger partial charge in [0, 0.05) is 0 Å². The number of carboxylic acid groups (broad SMARTS) is 1. The van der Waals surface area contributed by atoms with Crippen LogP contribution in [0.5, 0.6) is 5.75 Å². The van der Waals surface area contributed by atoms with Gasteiger partial charge in [0.1, 0.15) is 11.3 Å². The zero-order valence-corrected chi connectivity index (χ0v) is 7.11. The standard InChI is InChI=1S/C9H9O4/c1-13-8-4-6(5-10)2-3-7(8)9(11)12/h2-4H,5H2,1H3,(H,11,12)/q-1. The first kappa shape index (κ1) is 9.54. The molecule has 1 N–H and O–H groups in total. The summed E-state index contributed by atoms with van der Waals surface area (Å²) in [4.78, 5) is 10.6. The topological polar surface area (TPSA) is 69.6 Å². The Morgan fingerprint density at radius 3 is 2.77 bits per heavy atom. The van der Waals surface area contributed by atoms with Crippen molar-refractivity contribution in [1.29, 1.82) is 0 Å². The summed E-state index contributed by atoms with van der Waals surface area (Å²) in [5, 5.41) is 19.2. The maximum atomic E-state index is 10.6. The summed E-state index contributed by atoms with van der Waals surface area (Å²) in [6, 6.07) is 4.30. The van der Waals surface area contributed by atoms with E-state index in [-0.39, 0.29) is 17.9 Å². The first-order chi connectivity index (χ1) is 6.19. The molecule has 0 aromatic heterocycles. The van der Waals surface area contributed by atoms with Gasteiger partial charge in [-0.05, 0) is 12.1 Å². The van der Waals surface area contributed by atoms with E-state index in [1.54, 1.807) is 0 Å². The van der Waals surface area contributed by atoms with E-state index in [0.29, 0.717) is 5.56 Å². The number of hydrogen-bond acceptors (Lipinski definition) is 3. The average molecular weight is 181 g/mol. The Morgan fingerprint density at radius 1 is 1.62 bits per heavy atom. The van der Waals surface area contributed by atoms with E-state index in [0.717, 1.165) is 0 Å². The highest BCUT2D eigenvalue weighted by Gasteiger charge is 2.09. The van der Waals surface area contributed by atoms with Gasteiger partial charge < -0.3 is 14.9 Å². The van der Waals surface area contributed by atoms with Gasteiger partial charge in [0.2, 0.25) is 0 Å². The molecule has 0 heterocycles. The molecular formula is C9H9O4-. The predicted molar refractivity (Wildman–Crippen MR) is 43.7 cm³/mol. The molecule has 0 unspecified atom stereocenters. The Kier molecular flexibility index (Phi) is 2.87. The van der Waals surface area contributed by atoms with Crippen molar-refractivity contribution < 1.29 is 19.7 Å². The minimum absolute atomic E-state index is 0.0692. The molecule has 70 valence electrons. The molecule has 1 aromatic rings. The molecule has 0 aliphatic carbocycles. The molecular weight excluding hydrogens is 172 g/mol. The van der Waals surface area contributed by atoms with Crippen LogP contribution in [0.2, 0.25) is 0 Å². The fourth-order valence-electron chi connectivity index (χ4n) is 1.00. The maximum Gasteiger partial charge on any atom is 0.339 e. The lowest BCUT2D eigenvalue weighted by atomic mass is 10.1. The zero-order valence-electron chi connectivity index (χ0n) is 7.11. The second-order valence-electron chi connectivity index (χ2n) is 2.48. The van der Waals surface area contributed by atoms with E-state index >= 15 is 0 Å². The molecule has 0 radical (unpaired) electrons. The van der Waals surface area contributed by atoms with Gasteiger partial charge in [-0.3, -0.25) is 0 Å². The molecule has 0 fully saturated rings. The first-order valence-electron chi connectivity index (χ1n) is 3.67. The number of carboxylic acids is 1. The van der Waals surface area contributed by atoms with Crippen molar-refractivity contribution in [1.82, 2.24) is 0 Å². The summed E-state index contributed by atoms with van der Waals surface area (Å²) in [7, 11) is 1.37. The number of ether oxygens (including phenoxy) is 1. The summed E-state index contributed by atoms with van der Waals surface area (Å²) in [6.45, 7) is -0.379. The second kappa shape index (κ2) is 3.91. The van der Waals surface area contributed by atoms with Gasteiger partial charge in [-0.15, -0.1) is 6.61 Å². The molecule has 0 saturated heterocycles. The molecule has 0 spiro atoms. The van der Waals surface area contributed by atoms with Crippen LogP contribution in [0, 0.1) is 0 Å². The van der Waals surface area contributed by atoms with Crippen LogP contribution in [0.3, 0.4) is 0 Å². The van der Waals surface area contributed by atoms with Crippen LogP contribution in [0.4, 0.5) is 0 Å². The van der Waals surface area contributed by atoms with Crippen molar-refractivity contribution in [2.75, 3.05) is 7.11 Å². The van der Waals surface area contributed by atoms with Crippen molar-refractivity contribution in [3.8, 4) is 5.75 Å². The largest absolute Gasteiger partial charge is 0.851 e. The van der Waals surface area contributed by atoms with Gasteiger partial charge in [0.25, 0.3) is 0 Å². The summed E-state index contributed by atoms with van der Waals surface area (Å²) in [6.07, 6.45) is 0. The zero-order chi connectivity index (χ0) is 9.84. The van der Waals surface area contributed by atoms with Crippen LogP contribution in [0.25, 0.3) is 0 Å². The molecule has 4 nitrogen and oxygen atoms in total. The molecule has 0 atom stereocenters. The smallest absolute Gasteiger partial charge is 0.339 e. The molecule has 4 heteroatoms. The molecule has 0 saturated carbocycles. The van der Waals surface area contributed by atoms with E-state index < -0.39 is 5.97 Å². The number of methoxy groups -OCH3 is 1. The normalized spacial score (nSPS) is 9.69. The molecule has 1 rings (SSSR count). The number of hydrogen-bond donors (Lipinski definition) is 1. The van der Waals surface area contributed by atoms with Crippen LogP contribution >= 0.6 is 0 Å². The fourth-order valence-corrected chi connectivity index (χ4v) is 1.00. The first-order valence-corrected chi connectivity index (χ1v) is 3.67. The van der Waals surface area contributed by atoms with Crippen molar-refractivity contribution in [2.24, 2.45) is 0 Å². The molecule has 1 aromatic carbocycles. The average Bonchev–Trinajstić information content (AvgIpc) is 2.16. The Labute approximate surface area is 75.4 Å². The van der Waals surface area contributed by atoms with Crippen LogP contribution in [-0.4, -0.2) is 18.2 Å². The molecule has 13 heavy (non-hydrogen) atoms. The highest BCUT2D eigenvalue weighted by atomic mass is 16.5. The van der Waals surface area contributed by atoms with E-state index in [1.807, 2.05) is 0 Å². The third-order valence-electron chi connectivity index (χ3n) is 1.66. The van der Waals surface area contributed by atoms with Gasteiger partial charge in [-0.25, -0.2) is 4.79 Å². The van der Waals surface area contributed by atoms with Crippen LogP contribution in [-0.2, 0) is 6.61 Å². The minimum Gasteiger partial charge on any atom is -0.851 e. The lowest BCUT2D eigenvalue weighted by Crippen LogP contribution is -2.05. The van der Waals surface area contributed by atoms with Gasteiger partial charge in [0.05, 0.1) is 7.11 Å². The summed E-state index contributed by atoms with van der Waals surface area (Å²) >= 11 is 0. The van der Waals surface area contributed by atoms with Gasteiger partial charge in [0.15, 0.2) is 0 Å². The highest BCUT2D eigenvalue weighted by Crippen LogP contribution is 2.19. The fraction of sp³-hybridized carbons (Fsp3) is 0.222. The quantitative estimate of drug-likeness (QED) is 0.725. The van der Waals surface area contributed by atoms with Gasteiger partial charge in [-0.1, -0.05) is 11.6 Å². The molecule has 0 aliphatic rings. The Morgan fingerprint density at radius 2 is 2.31 bits per heavy atom. The number of rotatable bonds is 3. The molecule has 0 amide bonds. The minimum atomic E-state index is -1.06. The Hall–Kier alpha value is -1.55. The van der Waals surface area contributed by atoms with E-state index in [4.69, 9.17) is 9.84 Å². The van der Waals surface area contributed by atoms with E-state index in [2.05, 4.69) is 0 Å². The molecule has 0 bridgehead atoms. The third-order valence-corrected chi connectivity index (χ3v) is 1.66. The third kappa shape index (κ3) is 1.97. The monoisotopic (exact) mass is 181 g/mol. The van der Waals surface area contributed by atoms with Crippen molar-refractivity contribution >= 4 is 5.97 Å². The van der Waals surface area contributed by atoms with Crippen LogP contribution in [0.1, 0.15) is 15.9 Å². The predicted octanol–water partition coefficient (Wildman–Crippen LogP) is 0.254. The lowest BCUT2D eigenvalue weighted by molar-refractivity contribution is -0.386. The Bertz CT molecular complexity index is 319. The lowest BCUT2D eigenvalue weighted by Gasteiger charge is -2.09. The van der Waals surface area contributed by atoms with Gasteiger partial charge in [-0.2, -0.15) is 0 Å². The highest BCUT2D eigenvalue weighted by molar-refractivity contribution is 5.90. The second-order valence-corrected chi connectivity index (χ2v) is 2.48. The van der Waals surface area contributed by atoms with Crippen molar-refractivity contribution in [3.05, 3.63) is 29.3 Å². The van der Waals surface area contributed by atoms with E-state index in [1.165, 1.54) is 25.3 Å². The summed E-state index contributed by atoms with van der Waals surface area (Å²) in [5.41, 5.74) is 0.585. The van der Waals surface area contributed by atoms with Crippen LogP contribution in [0.15, 0.2) is 18.2 Å². The van der Waals surface area contributed by atoms with E-state index in [9.17, 15) is 9.90 Å². The Balaban J connectivity index is 3.15. The summed E-state index contributed by atoms with van der Waals surface area (Å²) in [5.74, 6) is -0.838. The van der Waals surface area contributed by atoms with Crippen molar-refractivity contribution in [3.63, 3.8) is 0 Å². The maximum absolute atomic E-state index is 10.6. The van der Waals surface area contributed by atoms with Crippen LogP contribution < -0.4 is 9.84 Å². The summed E-state index contributed by atoms with van der Waals surface area (Å²) < 4.78 is 4.83. The number of aromatic carboxylic acids is 1. The SMILES string of the molecule is COc1cc(C[O-])ccc1C(=O)O. The number of carbonyl (C=O) groups is 1. The van der Waals surface area contributed by atoms with Gasteiger partial charge >= 0.3 is 5.97 Å². The number of benzene rings is 1. The molecule has 0 aliphatic heterocycles.